The molecule has 0 aromatic heterocycles. The van der Waals surface area contributed by atoms with Crippen molar-refractivity contribution >= 4 is 17.7 Å². The number of para-hydroxylation sites is 1. The summed E-state index contributed by atoms with van der Waals surface area (Å²) in [4.78, 5) is 26.1. The molecular formula is C17H24N2O4. The van der Waals surface area contributed by atoms with E-state index < -0.39 is 23.8 Å². The van der Waals surface area contributed by atoms with Crippen molar-refractivity contribution in [3.8, 4) is 0 Å². The van der Waals surface area contributed by atoms with Gasteiger partial charge in [-0.05, 0) is 39.3 Å². The first-order valence-electron chi connectivity index (χ1n) is 7.71. The van der Waals surface area contributed by atoms with Gasteiger partial charge in [0.2, 0.25) is 5.91 Å². The van der Waals surface area contributed by atoms with Crippen molar-refractivity contribution in [2.45, 2.75) is 51.9 Å². The number of carbonyl (C=O) groups is 2. The van der Waals surface area contributed by atoms with Crippen molar-refractivity contribution < 1.29 is 19.4 Å². The highest BCUT2D eigenvalue weighted by molar-refractivity contribution is 5.97. The average Bonchev–Trinajstić information content (AvgIpc) is 2.82. The average molecular weight is 320 g/mol. The number of hydrogen-bond acceptors (Lipinski definition) is 4. The van der Waals surface area contributed by atoms with Crippen LogP contribution in [0, 0.1) is 6.92 Å². The highest BCUT2D eigenvalue weighted by atomic mass is 16.6. The van der Waals surface area contributed by atoms with Gasteiger partial charge in [0.05, 0.1) is 12.6 Å². The highest BCUT2D eigenvalue weighted by Gasteiger charge is 2.40. The summed E-state index contributed by atoms with van der Waals surface area (Å²) in [6, 6.07) is 6.68. The number of aryl methyl sites for hydroxylation is 1. The first kappa shape index (κ1) is 17.3. The Morgan fingerprint density at radius 1 is 1.30 bits per heavy atom. The molecule has 6 heteroatoms. The second kappa shape index (κ2) is 6.58. The number of rotatable bonds is 2. The molecule has 2 rings (SSSR count). The minimum atomic E-state index is -0.737. The number of aliphatic hydroxyl groups is 1. The summed E-state index contributed by atoms with van der Waals surface area (Å²) in [6.07, 6.45) is -1.11. The molecule has 2 atom stereocenters. The summed E-state index contributed by atoms with van der Waals surface area (Å²) in [5.41, 5.74) is 0.980. The molecule has 6 nitrogen and oxygen atoms in total. The molecule has 1 aromatic rings. The third-order valence-electron chi connectivity index (χ3n) is 3.61. The number of aliphatic hydroxyl groups excluding tert-OH is 1. The van der Waals surface area contributed by atoms with Crippen molar-refractivity contribution in [2.75, 3.05) is 11.9 Å². The minimum absolute atomic E-state index is 0.0980. The molecule has 2 N–H and O–H groups in total. The Balaban J connectivity index is 2.11. The zero-order valence-electron chi connectivity index (χ0n) is 14.0. The Hall–Kier alpha value is -2.08. The Morgan fingerprint density at radius 3 is 2.57 bits per heavy atom. The molecule has 0 spiro atoms. The van der Waals surface area contributed by atoms with Crippen molar-refractivity contribution in [1.29, 1.82) is 0 Å². The van der Waals surface area contributed by atoms with Crippen LogP contribution in [-0.2, 0) is 9.53 Å². The van der Waals surface area contributed by atoms with Crippen molar-refractivity contribution in [3.05, 3.63) is 29.8 Å². The quantitative estimate of drug-likeness (QED) is 0.876. The molecule has 1 aliphatic rings. The van der Waals surface area contributed by atoms with Gasteiger partial charge in [0.15, 0.2) is 0 Å². The first-order chi connectivity index (χ1) is 10.7. The molecule has 23 heavy (non-hydrogen) atoms. The maximum atomic E-state index is 12.5. The molecule has 0 saturated carbocycles. The number of benzene rings is 1. The Morgan fingerprint density at radius 2 is 1.96 bits per heavy atom. The molecule has 0 radical (unpaired) electrons. The summed E-state index contributed by atoms with van der Waals surface area (Å²) in [5, 5.41) is 12.7. The lowest BCUT2D eigenvalue weighted by atomic mass is 10.1. The Bertz CT molecular complexity index is 595. The van der Waals surface area contributed by atoms with Gasteiger partial charge in [-0.2, -0.15) is 0 Å². The molecular weight excluding hydrogens is 296 g/mol. The fourth-order valence-corrected chi connectivity index (χ4v) is 2.51. The summed E-state index contributed by atoms with van der Waals surface area (Å²) >= 11 is 0. The number of nitrogens with one attached hydrogen (secondary N) is 1. The van der Waals surface area contributed by atoms with E-state index in [-0.39, 0.29) is 18.9 Å². The number of β-amino-alcohol motifs (C(OH)–C–C–N with tert-alkyl or cyclic N) is 1. The second-order valence-electron chi connectivity index (χ2n) is 6.84. The number of amides is 2. The van der Waals surface area contributed by atoms with Crippen molar-refractivity contribution in [1.82, 2.24) is 4.90 Å². The van der Waals surface area contributed by atoms with Crippen LogP contribution < -0.4 is 5.32 Å². The maximum Gasteiger partial charge on any atom is 0.411 e. The van der Waals surface area contributed by atoms with Crippen LogP contribution in [0.4, 0.5) is 10.5 Å². The fourth-order valence-electron chi connectivity index (χ4n) is 2.51. The maximum absolute atomic E-state index is 12.5. The van der Waals surface area contributed by atoms with Gasteiger partial charge in [0, 0.05) is 12.1 Å². The molecule has 0 bridgehead atoms. The number of nitrogens with zero attached hydrogens (tertiary/aromatic N) is 1. The normalized spacial score (nSPS) is 21.2. The first-order valence-corrected chi connectivity index (χ1v) is 7.71. The van der Waals surface area contributed by atoms with Gasteiger partial charge in [-0.15, -0.1) is 0 Å². The third-order valence-corrected chi connectivity index (χ3v) is 3.61. The summed E-state index contributed by atoms with van der Waals surface area (Å²) in [7, 11) is 0. The van der Waals surface area contributed by atoms with E-state index in [0.717, 1.165) is 5.56 Å². The predicted molar refractivity (Wildman–Crippen MR) is 87.2 cm³/mol. The summed E-state index contributed by atoms with van der Waals surface area (Å²) in [6.45, 7) is 7.28. The van der Waals surface area contributed by atoms with Gasteiger partial charge < -0.3 is 15.2 Å². The second-order valence-corrected chi connectivity index (χ2v) is 6.84. The largest absolute Gasteiger partial charge is 0.444 e. The van der Waals surface area contributed by atoms with Crippen LogP contribution in [0.25, 0.3) is 0 Å². The molecule has 1 aromatic carbocycles. The van der Waals surface area contributed by atoms with Crippen molar-refractivity contribution in [2.24, 2.45) is 0 Å². The van der Waals surface area contributed by atoms with E-state index in [1.54, 1.807) is 26.8 Å². The Kier molecular flexibility index (Phi) is 4.94. The molecule has 1 aliphatic heterocycles. The van der Waals surface area contributed by atoms with Crippen LogP contribution in [0.3, 0.4) is 0 Å². The SMILES string of the molecule is Cc1ccccc1NC(=O)C1CC(O)CN1C(=O)OC(C)(C)C. The molecule has 2 unspecified atom stereocenters. The summed E-state index contributed by atoms with van der Waals surface area (Å²) < 4.78 is 5.32. The smallest absolute Gasteiger partial charge is 0.411 e. The topological polar surface area (TPSA) is 78.9 Å². The van der Waals surface area contributed by atoms with Gasteiger partial charge in [-0.1, -0.05) is 18.2 Å². The lowest BCUT2D eigenvalue weighted by Crippen LogP contribution is -2.45. The zero-order valence-corrected chi connectivity index (χ0v) is 14.0. The van der Waals surface area contributed by atoms with Crippen LogP contribution >= 0.6 is 0 Å². The third kappa shape index (κ3) is 4.45. The number of hydrogen-bond donors (Lipinski definition) is 2. The standard InChI is InChI=1S/C17H24N2O4/c1-11-7-5-6-8-13(11)18-15(21)14-9-12(20)10-19(14)16(22)23-17(2,3)4/h5-8,12,14,20H,9-10H2,1-4H3,(H,18,21). The van der Waals surface area contributed by atoms with Crippen molar-refractivity contribution in [3.63, 3.8) is 0 Å². The number of anilines is 1. The molecule has 0 aliphatic carbocycles. The lowest BCUT2D eigenvalue weighted by Gasteiger charge is -2.28. The van der Waals surface area contributed by atoms with E-state index in [1.807, 2.05) is 25.1 Å². The van der Waals surface area contributed by atoms with Crippen LogP contribution in [0.1, 0.15) is 32.8 Å². The van der Waals surface area contributed by atoms with Gasteiger partial charge in [0.1, 0.15) is 11.6 Å². The minimum Gasteiger partial charge on any atom is -0.444 e. The van der Waals surface area contributed by atoms with Crippen LogP contribution in [0.2, 0.25) is 0 Å². The van der Waals surface area contributed by atoms with Gasteiger partial charge in [0.25, 0.3) is 0 Å². The van der Waals surface area contributed by atoms with E-state index in [0.29, 0.717) is 5.69 Å². The summed E-state index contributed by atoms with van der Waals surface area (Å²) in [5.74, 6) is -0.318. The van der Waals surface area contributed by atoms with Crippen LogP contribution in [0.5, 0.6) is 0 Å². The van der Waals surface area contributed by atoms with E-state index in [2.05, 4.69) is 5.32 Å². The Labute approximate surface area is 136 Å². The monoisotopic (exact) mass is 320 g/mol. The lowest BCUT2D eigenvalue weighted by molar-refractivity contribution is -0.120. The number of ether oxygens (including phenoxy) is 1. The molecule has 1 heterocycles. The number of carbonyl (C=O) groups excluding carboxylic acids is 2. The fraction of sp³-hybridized carbons (Fsp3) is 0.529. The van der Waals surface area contributed by atoms with Crippen LogP contribution in [0.15, 0.2) is 24.3 Å². The van der Waals surface area contributed by atoms with E-state index in [4.69, 9.17) is 4.74 Å². The van der Waals surface area contributed by atoms with E-state index in [1.165, 1.54) is 4.90 Å². The molecule has 2 amide bonds. The van der Waals surface area contributed by atoms with Gasteiger partial charge in [-0.25, -0.2) is 4.79 Å². The van der Waals surface area contributed by atoms with Crippen LogP contribution in [-0.4, -0.2) is 46.3 Å². The van der Waals surface area contributed by atoms with E-state index >= 15 is 0 Å². The molecule has 1 saturated heterocycles. The van der Waals surface area contributed by atoms with Gasteiger partial charge >= 0.3 is 6.09 Å². The number of likely N-dealkylation sites (tertiary alicyclic amines) is 1. The van der Waals surface area contributed by atoms with E-state index in [9.17, 15) is 14.7 Å². The highest BCUT2D eigenvalue weighted by Crippen LogP contribution is 2.23. The zero-order chi connectivity index (χ0) is 17.2. The van der Waals surface area contributed by atoms with Gasteiger partial charge in [-0.3, -0.25) is 9.69 Å². The molecule has 126 valence electrons. The molecule has 1 fully saturated rings. The predicted octanol–water partition coefficient (Wildman–Crippen LogP) is 2.30.